The maximum Gasteiger partial charge on any atom is 0.137 e. The summed E-state index contributed by atoms with van der Waals surface area (Å²) in [6.07, 6.45) is 8.43. The van der Waals surface area contributed by atoms with Crippen LogP contribution in [0.15, 0.2) is 42.9 Å². The van der Waals surface area contributed by atoms with E-state index < -0.39 is 0 Å². The Labute approximate surface area is 174 Å². The van der Waals surface area contributed by atoms with Crippen molar-refractivity contribution in [3.63, 3.8) is 0 Å². The molecular weight excluding hydrogens is 378 g/mol. The SMILES string of the molecule is CN/C=C(\C=N)c1cnc2[nH]cc(-c3ccc(OC4CCOCC4)c(C#N)c3)c2c1. The van der Waals surface area contributed by atoms with Crippen molar-refractivity contribution in [3.8, 4) is 22.9 Å². The molecule has 7 heteroatoms. The molecule has 0 aliphatic carbocycles. The maximum absolute atomic E-state index is 9.68. The Morgan fingerprint density at radius 2 is 2.20 bits per heavy atom. The quantitative estimate of drug-likeness (QED) is 0.544. The Balaban J connectivity index is 1.70. The first-order valence-corrected chi connectivity index (χ1v) is 9.88. The molecule has 0 atom stereocenters. The lowest BCUT2D eigenvalue weighted by Gasteiger charge is -2.23. The molecule has 3 aromatic rings. The smallest absolute Gasteiger partial charge is 0.137 e. The van der Waals surface area contributed by atoms with Crippen molar-refractivity contribution in [1.82, 2.24) is 15.3 Å². The molecule has 3 heterocycles. The zero-order chi connectivity index (χ0) is 20.9. The molecule has 0 radical (unpaired) electrons. The number of ether oxygens (including phenoxy) is 2. The van der Waals surface area contributed by atoms with Gasteiger partial charge in [-0.2, -0.15) is 5.26 Å². The minimum absolute atomic E-state index is 0.0788. The summed E-state index contributed by atoms with van der Waals surface area (Å²) >= 11 is 0. The van der Waals surface area contributed by atoms with Crippen molar-refractivity contribution >= 4 is 22.8 Å². The van der Waals surface area contributed by atoms with Gasteiger partial charge in [-0.15, -0.1) is 0 Å². The monoisotopic (exact) mass is 401 g/mol. The topological polar surface area (TPSA) is 107 Å². The number of aromatic amines is 1. The van der Waals surface area contributed by atoms with Crippen LogP contribution in [0.25, 0.3) is 27.7 Å². The average Bonchev–Trinajstić information content (AvgIpc) is 3.21. The van der Waals surface area contributed by atoms with Gasteiger partial charge >= 0.3 is 0 Å². The van der Waals surface area contributed by atoms with Crippen molar-refractivity contribution in [3.05, 3.63) is 54.0 Å². The fourth-order valence-corrected chi connectivity index (χ4v) is 3.62. The lowest BCUT2D eigenvalue weighted by molar-refractivity contribution is 0.0254. The molecule has 1 aliphatic rings. The summed E-state index contributed by atoms with van der Waals surface area (Å²) in [6.45, 7) is 1.38. The first-order chi connectivity index (χ1) is 14.7. The van der Waals surface area contributed by atoms with Gasteiger partial charge in [0.2, 0.25) is 0 Å². The Morgan fingerprint density at radius 3 is 2.93 bits per heavy atom. The van der Waals surface area contributed by atoms with Gasteiger partial charge in [-0.05, 0) is 23.8 Å². The predicted molar refractivity (Wildman–Crippen MR) is 117 cm³/mol. The molecular formula is C23H23N5O2. The van der Waals surface area contributed by atoms with Crippen LogP contribution in [0.1, 0.15) is 24.0 Å². The van der Waals surface area contributed by atoms with Crippen molar-refractivity contribution in [1.29, 1.82) is 10.7 Å². The Kier molecular flexibility index (Phi) is 5.77. The number of H-pyrrole nitrogens is 1. The van der Waals surface area contributed by atoms with Gasteiger partial charge in [-0.3, -0.25) is 0 Å². The van der Waals surface area contributed by atoms with Crippen molar-refractivity contribution in [2.24, 2.45) is 0 Å². The Hall–Kier alpha value is -3.63. The van der Waals surface area contributed by atoms with E-state index in [0.717, 1.165) is 46.1 Å². The van der Waals surface area contributed by atoms with Crippen LogP contribution < -0.4 is 10.1 Å². The second-order valence-electron chi connectivity index (χ2n) is 7.11. The Morgan fingerprint density at radius 1 is 1.37 bits per heavy atom. The van der Waals surface area contributed by atoms with E-state index >= 15 is 0 Å². The summed E-state index contributed by atoms with van der Waals surface area (Å²) in [4.78, 5) is 7.68. The van der Waals surface area contributed by atoms with E-state index in [2.05, 4.69) is 21.4 Å². The summed E-state index contributed by atoms with van der Waals surface area (Å²) in [6, 6.07) is 9.94. The van der Waals surface area contributed by atoms with E-state index in [1.807, 2.05) is 30.5 Å². The highest BCUT2D eigenvalue weighted by molar-refractivity contribution is 6.09. The molecule has 0 amide bonds. The summed E-state index contributed by atoms with van der Waals surface area (Å²) in [5.74, 6) is 0.606. The fraction of sp³-hybridized carbons (Fsp3) is 0.261. The summed E-state index contributed by atoms with van der Waals surface area (Å²) in [5, 5.41) is 21.2. The van der Waals surface area contributed by atoms with Crippen LogP contribution in [0.2, 0.25) is 0 Å². The molecule has 1 fully saturated rings. The van der Waals surface area contributed by atoms with Crippen LogP contribution in [0, 0.1) is 16.7 Å². The van der Waals surface area contributed by atoms with Gasteiger partial charge in [0, 0.05) is 66.8 Å². The second-order valence-corrected chi connectivity index (χ2v) is 7.11. The number of hydrogen-bond donors (Lipinski definition) is 3. The third-order valence-electron chi connectivity index (χ3n) is 5.19. The molecule has 7 nitrogen and oxygen atoms in total. The number of rotatable bonds is 6. The fourth-order valence-electron chi connectivity index (χ4n) is 3.62. The lowest BCUT2D eigenvalue weighted by atomic mass is 10.0. The van der Waals surface area contributed by atoms with Crippen molar-refractivity contribution in [2.75, 3.05) is 20.3 Å². The van der Waals surface area contributed by atoms with E-state index in [0.29, 0.717) is 24.5 Å². The first kappa shape index (κ1) is 19.7. The zero-order valence-corrected chi connectivity index (χ0v) is 16.7. The normalized spacial score (nSPS) is 15.0. The first-order valence-electron chi connectivity index (χ1n) is 9.88. The minimum Gasteiger partial charge on any atom is -0.489 e. The molecule has 4 rings (SSSR count). The molecule has 0 unspecified atom stereocenters. The highest BCUT2D eigenvalue weighted by Gasteiger charge is 2.18. The molecule has 1 aliphatic heterocycles. The largest absolute Gasteiger partial charge is 0.489 e. The molecule has 2 aromatic heterocycles. The van der Waals surface area contributed by atoms with Gasteiger partial charge in [0.1, 0.15) is 23.6 Å². The molecule has 0 spiro atoms. The molecule has 30 heavy (non-hydrogen) atoms. The van der Waals surface area contributed by atoms with E-state index in [1.54, 1.807) is 19.4 Å². The van der Waals surface area contributed by atoms with Crippen LogP contribution in [0.3, 0.4) is 0 Å². The van der Waals surface area contributed by atoms with Crippen LogP contribution >= 0.6 is 0 Å². The van der Waals surface area contributed by atoms with Gasteiger partial charge < -0.3 is 25.2 Å². The predicted octanol–water partition coefficient (Wildman–Crippen LogP) is 3.87. The van der Waals surface area contributed by atoms with Crippen molar-refractivity contribution < 1.29 is 9.47 Å². The molecule has 0 bridgehead atoms. The molecule has 3 N–H and O–H groups in total. The highest BCUT2D eigenvalue weighted by Crippen LogP contribution is 2.33. The molecule has 0 saturated carbocycles. The van der Waals surface area contributed by atoms with E-state index in [1.165, 1.54) is 6.21 Å². The van der Waals surface area contributed by atoms with Gasteiger partial charge in [0.25, 0.3) is 0 Å². The second kappa shape index (κ2) is 8.80. The standard InChI is InChI=1S/C23H23N5O2/c1-26-12-18(11-25)17-9-20-21(14-28-23(20)27-13-17)15-2-3-22(16(8-15)10-24)30-19-4-6-29-7-5-19/h2-3,8-9,11-14,19,25-26H,4-7H2,1H3,(H,27,28)/b18-12+,25-11?. The average molecular weight is 401 g/mol. The number of aromatic nitrogens is 2. The molecule has 1 aromatic carbocycles. The lowest BCUT2D eigenvalue weighted by Crippen LogP contribution is -2.26. The molecule has 1 saturated heterocycles. The molecule has 152 valence electrons. The van der Waals surface area contributed by atoms with Crippen molar-refractivity contribution in [2.45, 2.75) is 18.9 Å². The summed E-state index contributed by atoms with van der Waals surface area (Å²) in [7, 11) is 1.80. The summed E-state index contributed by atoms with van der Waals surface area (Å²) in [5.41, 5.74) is 4.69. The van der Waals surface area contributed by atoms with Gasteiger partial charge in [0.15, 0.2) is 0 Å². The number of nitrogens with one attached hydrogen (secondary N) is 3. The number of benzene rings is 1. The van der Waals surface area contributed by atoms with Crippen LogP contribution in [0.5, 0.6) is 5.75 Å². The number of nitriles is 1. The summed E-state index contributed by atoms with van der Waals surface area (Å²) < 4.78 is 11.4. The van der Waals surface area contributed by atoms with E-state index in [4.69, 9.17) is 14.9 Å². The maximum atomic E-state index is 9.68. The van der Waals surface area contributed by atoms with E-state index in [-0.39, 0.29) is 6.10 Å². The van der Waals surface area contributed by atoms with Gasteiger partial charge in [0.05, 0.1) is 18.8 Å². The number of pyridine rings is 1. The highest BCUT2D eigenvalue weighted by atomic mass is 16.5. The number of nitrogens with zero attached hydrogens (tertiary/aromatic N) is 2. The van der Waals surface area contributed by atoms with Crippen LogP contribution in [-0.2, 0) is 4.74 Å². The number of fused-ring (bicyclic) bond motifs is 1. The van der Waals surface area contributed by atoms with Crippen LogP contribution in [-0.4, -0.2) is 42.5 Å². The van der Waals surface area contributed by atoms with E-state index in [9.17, 15) is 5.26 Å². The third-order valence-corrected chi connectivity index (χ3v) is 5.19. The van der Waals surface area contributed by atoms with Gasteiger partial charge in [-0.25, -0.2) is 4.98 Å². The third kappa shape index (κ3) is 3.91. The Bertz CT molecular complexity index is 1140. The zero-order valence-electron chi connectivity index (χ0n) is 16.7. The van der Waals surface area contributed by atoms with Gasteiger partial charge in [-0.1, -0.05) is 6.07 Å². The van der Waals surface area contributed by atoms with Crippen LogP contribution in [0.4, 0.5) is 0 Å². The number of allylic oxidation sites excluding steroid dienone is 1. The minimum atomic E-state index is 0.0788. The number of hydrogen-bond acceptors (Lipinski definition) is 6.